The Morgan fingerprint density at radius 1 is 1.14 bits per heavy atom. The molecular formula is C23H23FN2O3. The van der Waals surface area contributed by atoms with Crippen molar-refractivity contribution < 1.29 is 19.1 Å². The van der Waals surface area contributed by atoms with Gasteiger partial charge in [0.25, 0.3) is 5.91 Å². The number of likely N-dealkylation sites (tertiary alicyclic amines) is 1. The number of rotatable bonds is 4. The number of carboxylic acids is 1. The van der Waals surface area contributed by atoms with Crippen LogP contribution in [0.4, 0.5) is 4.39 Å². The monoisotopic (exact) mass is 394 g/mol. The minimum atomic E-state index is -0.948. The summed E-state index contributed by atoms with van der Waals surface area (Å²) in [6, 6.07) is 15.9. The fourth-order valence-corrected chi connectivity index (χ4v) is 4.10. The number of hydrogen-bond donors (Lipinski definition) is 1. The SMILES string of the molecule is CC1(C(=O)O)CCCN(C(=O)c2cc3ccccc3n2Cc2ccccc2F)C1. The molecule has 0 aliphatic carbocycles. The van der Waals surface area contributed by atoms with Crippen LogP contribution < -0.4 is 0 Å². The minimum Gasteiger partial charge on any atom is -0.481 e. The lowest BCUT2D eigenvalue weighted by Gasteiger charge is -2.37. The molecule has 1 aliphatic heterocycles. The van der Waals surface area contributed by atoms with Crippen molar-refractivity contribution in [1.82, 2.24) is 9.47 Å². The van der Waals surface area contributed by atoms with Gasteiger partial charge in [-0.1, -0.05) is 36.4 Å². The summed E-state index contributed by atoms with van der Waals surface area (Å²) in [4.78, 5) is 26.7. The first kappa shape index (κ1) is 19.2. The van der Waals surface area contributed by atoms with E-state index in [-0.39, 0.29) is 24.8 Å². The van der Waals surface area contributed by atoms with Gasteiger partial charge in [-0.05, 0) is 38.0 Å². The number of nitrogens with zero attached hydrogens (tertiary/aromatic N) is 2. The van der Waals surface area contributed by atoms with Gasteiger partial charge >= 0.3 is 5.97 Å². The van der Waals surface area contributed by atoms with Gasteiger partial charge in [-0.2, -0.15) is 0 Å². The van der Waals surface area contributed by atoms with Crippen molar-refractivity contribution in [2.45, 2.75) is 26.3 Å². The third kappa shape index (κ3) is 3.50. The van der Waals surface area contributed by atoms with Gasteiger partial charge in [-0.15, -0.1) is 0 Å². The van der Waals surface area contributed by atoms with Gasteiger partial charge in [0.05, 0.1) is 12.0 Å². The maximum Gasteiger partial charge on any atom is 0.311 e. The zero-order valence-electron chi connectivity index (χ0n) is 16.3. The highest BCUT2D eigenvalue weighted by Crippen LogP contribution is 2.31. The summed E-state index contributed by atoms with van der Waals surface area (Å²) in [6.45, 7) is 2.60. The molecule has 1 fully saturated rings. The van der Waals surface area contributed by atoms with E-state index >= 15 is 0 Å². The molecule has 1 saturated heterocycles. The summed E-state index contributed by atoms with van der Waals surface area (Å²) < 4.78 is 16.1. The second-order valence-electron chi connectivity index (χ2n) is 7.96. The highest BCUT2D eigenvalue weighted by Gasteiger charge is 2.40. The van der Waals surface area contributed by atoms with Crippen molar-refractivity contribution in [3.8, 4) is 0 Å². The van der Waals surface area contributed by atoms with Crippen molar-refractivity contribution in [3.63, 3.8) is 0 Å². The number of para-hydroxylation sites is 1. The van der Waals surface area contributed by atoms with E-state index in [1.807, 2.05) is 34.9 Å². The summed E-state index contributed by atoms with van der Waals surface area (Å²) in [5.74, 6) is -1.42. The van der Waals surface area contributed by atoms with Gasteiger partial charge in [0.2, 0.25) is 0 Å². The number of carboxylic acid groups (broad SMARTS) is 1. The molecule has 1 N–H and O–H groups in total. The Morgan fingerprint density at radius 3 is 2.62 bits per heavy atom. The summed E-state index contributed by atoms with van der Waals surface area (Å²) in [6.07, 6.45) is 1.19. The number of carbonyl (C=O) groups is 2. The molecule has 6 heteroatoms. The molecule has 1 unspecified atom stereocenters. The van der Waals surface area contributed by atoms with Crippen LogP contribution in [0.3, 0.4) is 0 Å². The maximum atomic E-state index is 14.3. The molecular weight excluding hydrogens is 371 g/mol. The molecule has 4 rings (SSSR count). The Kier molecular flexibility index (Phi) is 4.86. The van der Waals surface area contributed by atoms with E-state index < -0.39 is 11.4 Å². The lowest BCUT2D eigenvalue weighted by molar-refractivity contribution is -0.150. The molecule has 0 radical (unpaired) electrons. The molecule has 2 aromatic carbocycles. The Balaban J connectivity index is 1.74. The van der Waals surface area contributed by atoms with Crippen molar-refractivity contribution in [1.29, 1.82) is 0 Å². The van der Waals surface area contributed by atoms with Crippen LogP contribution in [-0.2, 0) is 11.3 Å². The number of carbonyl (C=O) groups excluding carboxylic acids is 1. The largest absolute Gasteiger partial charge is 0.481 e. The van der Waals surface area contributed by atoms with Gasteiger partial charge in [-0.25, -0.2) is 4.39 Å². The molecule has 3 aromatic rings. The van der Waals surface area contributed by atoms with E-state index in [1.54, 1.807) is 30.0 Å². The number of amides is 1. The zero-order chi connectivity index (χ0) is 20.6. The number of halogens is 1. The first-order chi connectivity index (χ1) is 13.9. The van der Waals surface area contributed by atoms with Gasteiger partial charge in [0.1, 0.15) is 11.5 Å². The van der Waals surface area contributed by atoms with Crippen molar-refractivity contribution in [2.24, 2.45) is 5.41 Å². The Morgan fingerprint density at radius 2 is 1.86 bits per heavy atom. The quantitative estimate of drug-likeness (QED) is 0.723. The fourth-order valence-electron chi connectivity index (χ4n) is 4.10. The number of hydrogen-bond acceptors (Lipinski definition) is 2. The van der Waals surface area contributed by atoms with Crippen LogP contribution in [0.5, 0.6) is 0 Å². The molecule has 150 valence electrons. The van der Waals surface area contributed by atoms with E-state index in [1.165, 1.54) is 6.07 Å². The number of piperidine rings is 1. The lowest BCUT2D eigenvalue weighted by Crippen LogP contribution is -2.48. The van der Waals surface area contributed by atoms with E-state index in [2.05, 4.69) is 0 Å². The van der Waals surface area contributed by atoms with Crippen LogP contribution in [0.15, 0.2) is 54.6 Å². The minimum absolute atomic E-state index is 0.169. The molecule has 2 heterocycles. The van der Waals surface area contributed by atoms with Crippen LogP contribution in [-0.4, -0.2) is 39.5 Å². The van der Waals surface area contributed by atoms with Crippen LogP contribution in [0.2, 0.25) is 0 Å². The molecule has 0 saturated carbocycles. The Labute approximate surface area is 168 Å². The standard InChI is InChI=1S/C23H23FN2O3/c1-23(22(28)29)11-6-12-25(15-23)21(27)20-13-16-7-3-5-10-19(16)26(20)14-17-8-2-4-9-18(17)24/h2-5,7-10,13H,6,11-12,14-15H2,1H3,(H,28,29). The third-order valence-electron chi connectivity index (χ3n) is 5.82. The lowest BCUT2D eigenvalue weighted by atomic mass is 9.82. The molecule has 1 aliphatic rings. The summed E-state index contributed by atoms with van der Waals surface area (Å²) in [5, 5.41) is 10.5. The first-order valence-electron chi connectivity index (χ1n) is 9.73. The van der Waals surface area contributed by atoms with Gasteiger partial charge < -0.3 is 14.6 Å². The van der Waals surface area contributed by atoms with Gasteiger partial charge in [-0.3, -0.25) is 9.59 Å². The second-order valence-corrected chi connectivity index (χ2v) is 7.96. The Hall–Kier alpha value is -3.15. The number of aliphatic carboxylic acids is 1. The van der Waals surface area contributed by atoms with Gasteiger partial charge in [0.15, 0.2) is 0 Å². The van der Waals surface area contributed by atoms with Crippen LogP contribution in [0.25, 0.3) is 10.9 Å². The molecule has 1 atom stereocenters. The summed E-state index contributed by atoms with van der Waals surface area (Å²) in [7, 11) is 0. The molecule has 1 amide bonds. The van der Waals surface area contributed by atoms with E-state index in [4.69, 9.17) is 0 Å². The van der Waals surface area contributed by atoms with Crippen molar-refractivity contribution in [2.75, 3.05) is 13.1 Å². The molecule has 29 heavy (non-hydrogen) atoms. The average molecular weight is 394 g/mol. The number of fused-ring (bicyclic) bond motifs is 1. The zero-order valence-corrected chi connectivity index (χ0v) is 16.3. The Bertz CT molecular complexity index is 1090. The first-order valence-corrected chi connectivity index (χ1v) is 9.73. The predicted octanol–water partition coefficient (Wildman–Crippen LogP) is 4.16. The predicted molar refractivity (Wildman–Crippen MR) is 108 cm³/mol. The van der Waals surface area contributed by atoms with E-state index in [0.717, 1.165) is 10.9 Å². The smallest absolute Gasteiger partial charge is 0.311 e. The maximum absolute atomic E-state index is 14.3. The highest BCUT2D eigenvalue weighted by molar-refractivity contribution is 5.99. The molecule has 0 spiro atoms. The normalized spacial score (nSPS) is 19.4. The van der Waals surface area contributed by atoms with E-state index in [0.29, 0.717) is 30.6 Å². The van der Waals surface area contributed by atoms with Crippen LogP contribution in [0.1, 0.15) is 35.8 Å². The number of benzene rings is 2. The molecule has 5 nitrogen and oxygen atoms in total. The highest BCUT2D eigenvalue weighted by atomic mass is 19.1. The fraction of sp³-hybridized carbons (Fsp3) is 0.304. The topological polar surface area (TPSA) is 62.5 Å². The van der Waals surface area contributed by atoms with Crippen LogP contribution >= 0.6 is 0 Å². The second kappa shape index (κ2) is 7.35. The number of aromatic nitrogens is 1. The van der Waals surface area contributed by atoms with Crippen LogP contribution in [0, 0.1) is 11.2 Å². The average Bonchev–Trinajstić information content (AvgIpc) is 3.07. The van der Waals surface area contributed by atoms with Gasteiger partial charge in [0, 0.05) is 29.6 Å². The van der Waals surface area contributed by atoms with Crippen molar-refractivity contribution >= 4 is 22.8 Å². The van der Waals surface area contributed by atoms with Crippen molar-refractivity contribution in [3.05, 3.63) is 71.7 Å². The molecule has 1 aromatic heterocycles. The third-order valence-corrected chi connectivity index (χ3v) is 5.82. The van der Waals surface area contributed by atoms with E-state index in [9.17, 15) is 19.1 Å². The summed E-state index contributed by atoms with van der Waals surface area (Å²) in [5.41, 5.74) is 0.842. The molecule has 0 bridgehead atoms. The summed E-state index contributed by atoms with van der Waals surface area (Å²) >= 11 is 0.